The van der Waals surface area contributed by atoms with Gasteiger partial charge >= 0.3 is 0 Å². The number of amides is 1. The predicted molar refractivity (Wildman–Crippen MR) is 131 cm³/mol. The first-order valence-corrected chi connectivity index (χ1v) is 9.29. The Morgan fingerprint density at radius 2 is 1.45 bits per heavy atom. The molecule has 0 bridgehead atoms. The van der Waals surface area contributed by atoms with E-state index < -0.39 is 0 Å². The van der Waals surface area contributed by atoms with Crippen molar-refractivity contribution in [2.75, 3.05) is 21.1 Å². The highest BCUT2D eigenvalue weighted by atomic mass is 127. The van der Waals surface area contributed by atoms with E-state index in [1.165, 1.54) is 16.3 Å². The number of aliphatic imine (C=N–C) groups is 1. The number of guanidine groups is 1. The molecule has 0 aliphatic heterocycles. The van der Waals surface area contributed by atoms with E-state index in [-0.39, 0.29) is 29.9 Å². The summed E-state index contributed by atoms with van der Waals surface area (Å²) in [6, 6.07) is 22.4. The molecule has 0 spiro atoms. The number of rotatable bonds is 5. The molecule has 0 unspecified atom stereocenters. The van der Waals surface area contributed by atoms with Gasteiger partial charge in [0.25, 0.3) is 5.91 Å². The second-order valence-corrected chi connectivity index (χ2v) is 6.86. The molecule has 0 fully saturated rings. The molecule has 0 aliphatic carbocycles. The van der Waals surface area contributed by atoms with Crippen LogP contribution in [0.2, 0.25) is 0 Å². The lowest BCUT2D eigenvalue weighted by Gasteiger charge is -2.13. The lowest BCUT2D eigenvalue weighted by molar-refractivity contribution is 0.0827. The van der Waals surface area contributed by atoms with Crippen molar-refractivity contribution < 1.29 is 4.79 Å². The first-order chi connectivity index (χ1) is 13.6. The molecule has 29 heavy (non-hydrogen) atoms. The highest BCUT2D eigenvalue weighted by Crippen LogP contribution is 2.15. The van der Waals surface area contributed by atoms with E-state index in [2.05, 4.69) is 58.1 Å². The van der Waals surface area contributed by atoms with E-state index in [1.54, 1.807) is 26.0 Å². The molecule has 0 heterocycles. The Morgan fingerprint density at radius 3 is 2.07 bits per heavy atom. The number of hydrogen-bond donors (Lipinski definition) is 2. The van der Waals surface area contributed by atoms with Crippen molar-refractivity contribution in [3.05, 3.63) is 83.4 Å². The van der Waals surface area contributed by atoms with Crippen LogP contribution in [0.3, 0.4) is 0 Å². The third-order valence-corrected chi connectivity index (χ3v) is 4.56. The van der Waals surface area contributed by atoms with Crippen LogP contribution in [0.4, 0.5) is 0 Å². The maximum Gasteiger partial charge on any atom is 0.253 e. The molecule has 2 N–H and O–H groups in total. The molecule has 1 amide bonds. The number of hydrogen-bond acceptors (Lipinski definition) is 2. The Kier molecular flexibility index (Phi) is 8.45. The van der Waals surface area contributed by atoms with Crippen molar-refractivity contribution in [2.24, 2.45) is 4.99 Å². The summed E-state index contributed by atoms with van der Waals surface area (Å²) in [6.45, 7) is 1.33. The van der Waals surface area contributed by atoms with Gasteiger partial charge in [0.2, 0.25) is 0 Å². The Hall–Kier alpha value is -2.61. The van der Waals surface area contributed by atoms with Gasteiger partial charge in [-0.05, 0) is 40.1 Å². The van der Waals surface area contributed by atoms with Crippen molar-refractivity contribution in [1.82, 2.24) is 15.5 Å². The molecule has 3 aromatic carbocycles. The molecule has 0 radical (unpaired) electrons. The SMILES string of the molecule is CN=C(NCc1ccc(C(=O)N(C)C)cc1)NCc1ccc2ccccc2c1.I. The Bertz CT molecular complexity index is 984. The van der Waals surface area contributed by atoms with Gasteiger partial charge < -0.3 is 15.5 Å². The number of fused-ring (bicyclic) bond motifs is 1. The van der Waals surface area contributed by atoms with Crippen LogP contribution in [0.15, 0.2) is 71.7 Å². The second-order valence-electron chi connectivity index (χ2n) is 6.86. The third kappa shape index (κ3) is 6.19. The minimum absolute atomic E-state index is 0. The number of halogens is 1. The van der Waals surface area contributed by atoms with Gasteiger partial charge in [-0.2, -0.15) is 0 Å². The van der Waals surface area contributed by atoms with Gasteiger partial charge in [0.15, 0.2) is 5.96 Å². The summed E-state index contributed by atoms with van der Waals surface area (Å²) in [7, 11) is 5.26. The summed E-state index contributed by atoms with van der Waals surface area (Å²) in [5.74, 6) is 0.744. The molecule has 5 nitrogen and oxygen atoms in total. The van der Waals surface area contributed by atoms with E-state index >= 15 is 0 Å². The Morgan fingerprint density at radius 1 is 0.862 bits per heavy atom. The monoisotopic (exact) mass is 502 g/mol. The van der Waals surface area contributed by atoms with Crippen LogP contribution < -0.4 is 10.6 Å². The lowest BCUT2D eigenvalue weighted by atomic mass is 10.1. The molecule has 152 valence electrons. The van der Waals surface area contributed by atoms with Crippen LogP contribution in [0, 0.1) is 0 Å². The van der Waals surface area contributed by atoms with Crippen LogP contribution in [-0.4, -0.2) is 37.9 Å². The van der Waals surface area contributed by atoms with Crippen molar-refractivity contribution in [3.63, 3.8) is 0 Å². The average Bonchev–Trinajstić information content (AvgIpc) is 2.73. The number of benzene rings is 3. The van der Waals surface area contributed by atoms with E-state index in [1.807, 2.05) is 24.3 Å². The van der Waals surface area contributed by atoms with Gasteiger partial charge in [0.1, 0.15) is 0 Å². The molecule has 0 aromatic heterocycles. The predicted octanol–water partition coefficient (Wildman–Crippen LogP) is 4.02. The molecular formula is C23H27IN4O. The zero-order chi connectivity index (χ0) is 19.9. The lowest BCUT2D eigenvalue weighted by Crippen LogP contribution is -2.36. The summed E-state index contributed by atoms with van der Waals surface area (Å²) >= 11 is 0. The fourth-order valence-corrected chi connectivity index (χ4v) is 2.96. The molecule has 0 saturated heterocycles. The summed E-state index contributed by atoms with van der Waals surface area (Å²) < 4.78 is 0. The second kappa shape index (κ2) is 10.8. The van der Waals surface area contributed by atoms with Gasteiger partial charge in [-0.15, -0.1) is 24.0 Å². The topological polar surface area (TPSA) is 56.7 Å². The minimum atomic E-state index is 0. The van der Waals surface area contributed by atoms with Gasteiger partial charge in [0, 0.05) is 39.8 Å². The largest absolute Gasteiger partial charge is 0.352 e. The number of nitrogens with one attached hydrogen (secondary N) is 2. The van der Waals surface area contributed by atoms with Crippen LogP contribution in [-0.2, 0) is 13.1 Å². The number of carbonyl (C=O) groups is 1. The van der Waals surface area contributed by atoms with E-state index in [0.717, 1.165) is 11.5 Å². The fraction of sp³-hybridized carbons (Fsp3) is 0.217. The van der Waals surface area contributed by atoms with E-state index in [0.29, 0.717) is 18.7 Å². The van der Waals surface area contributed by atoms with Crippen LogP contribution in [0.1, 0.15) is 21.5 Å². The van der Waals surface area contributed by atoms with Crippen molar-refractivity contribution in [3.8, 4) is 0 Å². The molecule has 6 heteroatoms. The van der Waals surface area contributed by atoms with Crippen molar-refractivity contribution in [1.29, 1.82) is 0 Å². The maximum atomic E-state index is 12.0. The van der Waals surface area contributed by atoms with Gasteiger partial charge in [0.05, 0.1) is 0 Å². The van der Waals surface area contributed by atoms with Gasteiger partial charge in [-0.3, -0.25) is 9.79 Å². The third-order valence-electron chi connectivity index (χ3n) is 4.56. The van der Waals surface area contributed by atoms with Crippen LogP contribution in [0.5, 0.6) is 0 Å². The minimum Gasteiger partial charge on any atom is -0.352 e. The highest BCUT2D eigenvalue weighted by Gasteiger charge is 2.07. The van der Waals surface area contributed by atoms with Crippen molar-refractivity contribution >= 4 is 46.6 Å². The fourth-order valence-electron chi connectivity index (χ4n) is 2.96. The molecule has 3 rings (SSSR count). The number of carbonyl (C=O) groups excluding carboxylic acids is 1. The van der Waals surface area contributed by atoms with Gasteiger partial charge in [-0.1, -0.05) is 48.5 Å². The molecular weight excluding hydrogens is 475 g/mol. The maximum absolute atomic E-state index is 12.0. The van der Waals surface area contributed by atoms with Crippen molar-refractivity contribution in [2.45, 2.75) is 13.1 Å². The summed E-state index contributed by atoms with van der Waals surface area (Å²) in [4.78, 5) is 17.8. The van der Waals surface area contributed by atoms with Crippen LogP contribution >= 0.6 is 24.0 Å². The van der Waals surface area contributed by atoms with E-state index in [4.69, 9.17) is 0 Å². The quantitative estimate of drug-likeness (QED) is 0.315. The Labute approximate surface area is 189 Å². The first-order valence-electron chi connectivity index (χ1n) is 9.29. The zero-order valence-electron chi connectivity index (χ0n) is 17.0. The first kappa shape index (κ1) is 22.7. The highest BCUT2D eigenvalue weighted by molar-refractivity contribution is 14.0. The molecule has 3 aromatic rings. The molecule has 0 atom stereocenters. The average molecular weight is 502 g/mol. The Balaban J connectivity index is 0.00000300. The molecule has 0 aliphatic rings. The molecule has 0 saturated carbocycles. The summed E-state index contributed by atoms with van der Waals surface area (Å²) in [5, 5.41) is 9.13. The standard InChI is InChI=1S/C23H26N4O.HI/c1-24-23(25-15-17-8-12-20(13-9-17)22(28)27(2)3)26-16-18-10-11-19-6-4-5-7-21(19)14-18;/h4-14H,15-16H2,1-3H3,(H2,24,25,26);1H. The zero-order valence-corrected chi connectivity index (χ0v) is 19.3. The smallest absolute Gasteiger partial charge is 0.253 e. The summed E-state index contributed by atoms with van der Waals surface area (Å²) in [5.41, 5.74) is 2.98. The van der Waals surface area contributed by atoms with Crippen LogP contribution in [0.25, 0.3) is 10.8 Å². The number of nitrogens with zero attached hydrogens (tertiary/aromatic N) is 2. The summed E-state index contributed by atoms with van der Waals surface area (Å²) in [6.07, 6.45) is 0. The normalized spacial score (nSPS) is 10.9. The van der Waals surface area contributed by atoms with E-state index in [9.17, 15) is 4.79 Å². The van der Waals surface area contributed by atoms with Gasteiger partial charge in [-0.25, -0.2) is 0 Å².